The van der Waals surface area contributed by atoms with Gasteiger partial charge in [0.15, 0.2) is 0 Å². The van der Waals surface area contributed by atoms with Gasteiger partial charge in [0.1, 0.15) is 5.69 Å². The first-order chi connectivity index (χ1) is 6.59. The molecule has 0 saturated carbocycles. The fourth-order valence-electron chi connectivity index (χ4n) is 0.768. The van der Waals surface area contributed by atoms with Gasteiger partial charge in [0.2, 0.25) is 0 Å². The van der Waals surface area contributed by atoms with Crippen molar-refractivity contribution in [3.05, 3.63) is 23.8 Å². The minimum atomic E-state index is -0.328. The van der Waals surface area contributed by atoms with Crippen molar-refractivity contribution >= 4 is 23.1 Å². The molecule has 6 heteroatoms. The number of thiocarbonyl (C=S) groups is 1. The van der Waals surface area contributed by atoms with Gasteiger partial charge >= 0.3 is 0 Å². The zero-order valence-corrected chi connectivity index (χ0v) is 8.47. The SMILES string of the molecule is Cc1cnc(C(=O)NCC(N)=S)cn1. The molecule has 3 N–H and O–H groups in total. The molecular weight excluding hydrogens is 200 g/mol. The smallest absolute Gasteiger partial charge is 0.271 e. The van der Waals surface area contributed by atoms with Gasteiger partial charge in [0.25, 0.3) is 5.91 Å². The van der Waals surface area contributed by atoms with Crippen LogP contribution in [0, 0.1) is 6.92 Å². The molecule has 14 heavy (non-hydrogen) atoms. The minimum Gasteiger partial charge on any atom is -0.392 e. The molecular formula is C8H10N4OS. The lowest BCUT2D eigenvalue weighted by molar-refractivity contribution is 0.0954. The Morgan fingerprint density at radius 2 is 2.29 bits per heavy atom. The molecule has 0 fully saturated rings. The van der Waals surface area contributed by atoms with E-state index in [2.05, 4.69) is 27.5 Å². The lowest BCUT2D eigenvalue weighted by Crippen LogP contribution is -2.32. The molecule has 1 amide bonds. The van der Waals surface area contributed by atoms with Gasteiger partial charge in [-0.2, -0.15) is 0 Å². The molecule has 0 aliphatic rings. The van der Waals surface area contributed by atoms with Gasteiger partial charge in [0.05, 0.1) is 23.4 Å². The summed E-state index contributed by atoms with van der Waals surface area (Å²) in [6, 6.07) is 0. The number of amides is 1. The van der Waals surface area contributed by atoms with E-state index >= 15 is 0 Å². The summed E-state index contributed by atoms with van der Waals surface area (Å²) in [6.45, 7) is 1.97. The van der Waals surface area contributed by atoms with E-state index in [-0.39, 0.29) is 23.1 Å². The molecule has 0 radical (unpaired) electrons. The lowest BCUT2D eigenvalue weighted by Gasteiger charge is -2.02. The fraction of sp³-hybridized carbons (Fsp3) is 0.250. The van der Waals surface area contributed by atoms with Gasteiger partial charge in [-0.25, -0.2) is 4.98 Å². The number of nitrogens with zero attached hydrogens (tertiary/aromatic N) is 2. The molecule has 0 atom stereocenters. The first kappa shape index (κ1) is 10.5. The topological polar surface area (TPSA) is 80.9 Å². The summed E-state index contributed by atoms with van der Waals surface area (Å²) in [7, 11) is 0. The maximum absolute atomic E-state index is 11.3. The number of hydrogen-bond acceptors (Lipinski definition) is 4. The molecule has 0 saturated heterocycles. The van der Waals surface area contributed by atoms with Gasteiger partial charge in [-0.15, -0.1) is 0 Å². The average molecular weight is 210 g/mol. The van der Waals surface area contributed by atoms with E-state index in [1.807, 2.05) is 0 Å². The highest BCUT2D eigenvalue weighted by Gasteiger charge is 2.06. The van der Waals surface area contributed by atoms with Crippen LogP contribution in [0.3, 0.4) is 0 Å². The van der Waals surface area contributed by atoms with Crippen LogP contribution in [0.2, 0.25) is 0 Å². The Morgan fingerprint density at radius 3 is 2.79 bits per heavy atom. The second-order valence-electron chi connectivity index (χ2n) is 2.69. The Labute approximate surface area is 86.7 Å². The van der Waals surface area contributed by atoms with Gasteiger partial charge in [-0.3, -0.25) is 9.78 Å². The maximum Gasteiger partial charge on any atom is 0.271 e. The van der Waals surface area contributed by atoms with Gasteiger partial charge < -0.3 is 11.1 Å². The van der Waals surface area contributed by atoms with Crippen LogP contribution in [0.15, 0.2) is 12.4 Å². The molecule has 0 bridgehead atoms. The zero-order valence-electron chi connectivity index (χ0n) is 7.65. The largest absolute Gasteiger partial charge is 0.392 e. The van der Waals surface area contributed by atoms with E-state index in [0.717, 1.165) is 5.69 Å². The average Bonchev–Trinajstić information content (AvgIpc) is 2.15. The van der Waals surface area contributed by atoms with Gasteiger partial charge in [-0.05, 0) is 6.92 Å². The summed E-state index contributed by atoms with van der Waals surface area (Å²) in [5.41, 5.74) is 6.24. The molecule has 74 valence electrons. The summed E-state index contributed by atoms with van der Waals surface area (Å²) in [5.74, 6) is -0.328. The van der Waals surface area contributed by atoms with E-state index in [4.69, 9.17) is 5.73 Å². The van der Waals surface area contributed by atoms with E-state index in [9.17, 15) is 4.79 Å². The van der Waals surface area contributed by atoms with Crippen molar-refractivity contribution in [1.29, 1.82) is 0 Å². The highest BCUT2D eigenvalue weighted by atomic mass is 32.1. The zero-order chi connectivity index (χ0) is 10.6. The molecule has 1 aromatic rings. The van der Waals surface area contributed by atoms with Crippen LogP contribution < -0.4 is 11.1 Å². The van der Waals surface area contributed by atoms with Crippen LogP contribution in [0.25, 0.3) is 0 Å². The van der Waals surface area contributed by atoms with Crippen LogP contribution in [0.5, 0.6) is 0 Å². The van der Waals surface area contributed by atoms with Crippen LogP contribution in [-0.2, 0) is 0 Å². The number of rotatable bonds is 3. The summed E-state index contributed by atoms with van der Waals surface area (Å²) in [5, 5.41) is 2.51. The van der Waals surface area contributed by atoms with E-state index in [1.165, 1.54) is 12.4 Å². The predicted molar refractivity (Wildman–Crippen MR) is 55.9 cm³/mol. The Hall–Kier alpha value is -1.56. The predicted octanol–water partition coefficient (Wildman–Crippen LogP) is -0.199. The standard InChI is InChI=1S/C8H10N4OS/c1-5-2-11-6(3-10-5)8(13)12-4-7(9)14/h2-3H,4H2,1H3,(H2,9,14)(H,12,13). The third-order valence-corrected chi connectivity index (χ3v) is 1.58. The van der Waals surface area contributed by atoms with Crippen LogP contribution in [-0.4, -0.2) is 27.4 Å². The first-order valence-corrected chi connectivity index (χ1v) is 4.35. The molecule has 0 spiro atoms. The van der Waals surface area contributed by atoms with Crippen molar-refractivity contribution < 1.29 is 4.79 Å². The number of carbonyl (C=O) groups is 1. The van der Waals surface area contributed by atoms with E-state index < -0.39 is 0 Å². The normalized spacial score (nSPS) is 9.50. The monoisotopic (exact) mass is 210 g/mol. The summed E-state index contributed by atoms with van der Waals surface area (Å²) in [4.78, 5) is 19.4. The van der Waals surface area contributed by atoms with Crippen molar-refractivity contribution in [3.63, 3.8) is 0 Å². The van der Waals surface area contributed by atoms with Crippen molar-refractivity contribution in [3.8, 4) is 0 Å². The number of carbonyl (C=O) groups excluding carboxylic acids is 1. The quantitative estimate of drug-likeness (QED) is 0.675. The maximum atomic E-state index is 11.3. The van der Waals surface area contributed by atoms with Crippen LogP contribution in [0.4, 0.5) is 0 Å². The van der Waals surface area contributed by atoms with Crippen LogP contribution in [0.1, 0.15) is 16.2 Å². The van der Waals surface area contributed by atoms with Crippen molar-refractivity contribution in [1.82, 2.24) is 15.3 Å². The summed E-state index contributed by atoms with van der Waals surface area (Å²) < 4.78 is 0. The molecule has 0 aliphatic heterocycles. The number of aromatic nitrogens is 2. The molecule has 0 aromatic carbocycles. The molecule has 1 aromatic heterocycles. The summed E-state index contributed by atoms with van der Waals surface area (Å²) in [6.07, 6.45) is 2.93. The third kappa shape index (κ3) is 3.06. The number of hydrogen-bond donors (Lipinski definition) is 2. The van der Waals surface area contributed by atoms with Crippen LogP contribution >= 0.6 is 12.2 Å². The number of nitrogens with two attached hydrogens (primary N) is 1. The minimum absolute atomic E-state index is 0.170. The third-order valence-electron chi connectivity index (χ3n) is 1.44. The second-order valence-corrected chi connectivity index (χ2v) is 3.22. The van der Waals surface area contributed by atoms with Crippen molar-refractivity contribution in [2.45, 2.75) is 6.92 Å². The number of aryl methyl sites for hydroxylation is 1. The summed E-state index contributed by atoms with van der Waals surface area (Å²) >= 11 is 4.61. The Balaban J connectivity index is 2.61. The second kappa shape index (κ2) is 4.61. The van der Waals surface area contributed by atoms with Gasteiger partial charge in [0, 0.05) is 6.20 Å². The Morgan fingerprint density at radius 1 is 1.57 bits per heavy atom. The molecule has 0 unspecified atom stereocenters. The Kier molecular flexibility index (Phi) is 3.47. The first-order valence-electron chi connectivity index (χ1n) is 3.94. The molecule has 1 rings (SSSR count). The Bertz CT molecular complexity index is 349. The highest BCUT2D eigenvalue weighted by Crippen LogP contribution is 1.93. The van der Waals surface area contributed by atoms with Crippen molar-refractivity contribution in [2.75, 3.05) is 6.54 Å². The number of nitrogens with one attached hydrogen (secondary N) is 1. The van der Waals surface area contributed by atoms with Gasteiger partial charge in [-0.1, -0.05) is 12.2 Å². The van der Waals surface area contributed by atoms with E-state index in [0.29, 0.717) is 0 Å². The lowest BCUT2D eigenvalue weighted by atomic mass is 10.4. The van der Waals surface area contributed by atoms with E-state index in [1.54, 1.807) is 6.92 Å². The fourth-order valence-corrected chi connectivity index (χ4v) is 0.840. The van der Waals surface area contributed by atoms with Crippen molar-refractivity contribution in [2.24, 2.45) is 5.73 Å². The molecule has 1 heterocycles. The highest BCUT2D eigenvalue weighted by molar-refractivity contribution is 7.80. The molecule has 0 aliphatic carbocycles. The molecule has 5 nitrogen and oxygen atoms in total.